The third-order valence-electron chi connectivity index (χ3n) is 4.20. The van der Waals surface area contributed by atoms with E-state index in [1.165, 1.54) is 29.5 Å². The van der Waals surface area contributed by atoms with Gasteiger partial charge in [-0.05, 0) is 49.3 Å². The van der Waals surface area contributed by atoms with Gasteiger partial charge in [0.25, 0.3) is 0 Å². The molecule has 1 saturated carbocycles. The van der Waals surface area contributed by atoms with Gasteiger partial charge in [-0.2, -0.15) is 0 Å². The number of rotatable bonds is 4. The maximum atomic E-state index is 6.13. The van der Waals surface area contributed by atoms with Gasteiger partial charge in [0.15, 0.2) is 0 Å². The Bertz CT molecular complexity index is 375. The van der Waals surface area contributed by atoms with Crippen molar-refractivity contribution >= 4 is 0 Å². The van der Waals surface area contributed by atoms with Crippen molar-refractivity contribution in [3.8, 4) is 0 Å². The second-order valence-corrected chi connectivity index (χ2v) is 5.14. The number of aryl methyl sites for hydroxylation is 2. The summed E-state index contributed by atoms with van der Waals surface area (Å²) in [6.07, 6.45) is 4.79. The molecule has 1 nitrogen and oxygen atoms in total. The van der Waals surface area contributed by atoms with Crippen LogP contribution in [0, 0.1) is 0 Å². The molecule has 0 aromatic heterocycles. The van der Waals surface area contributed by atoms with E-state index in [1.807, 2.05) is 0 Å². The van der Waals surface area contributed by atoms with Gasteiger partial charge in [-0.1, -0.05) is 32.0 Å². The maximum absolute atomic E-state index is 6.13. The topological polar surface area (TPSA) is 26.0 Å². The van der Waals surface area contributed by atoms with Gasteiger partial charge in [-0.3, -0.25) is 0 Å². The third kappa shape index (κ3) is 1.78. The van der Waals surface area contributed by atoms with E-state index in [0.717, 1.165) is 12.8 Å². The Labute approximate surface area is 99.0 Å². The van der Waals surface area contributed by atoms with Gasteiger partial charge >= 0.3 is 0 Å². The third-order valence-corrected chi connectivity index (χ3v) is 4.20. The molecule has 0 spiro atoms. The highest BCUT2D eigenvalue weighted by atomic mass is 14.7. The molecule has 0 radical (unpaired) electrons. The predicted octanol–water partition coefficient (Wildman–Crippen LogP) is 3.19. The molecule has 88 valence electrons. The first-order valence-corrected chi connectivity index (χ1v) is 6.52. The lowest BCUT2D eigenvalue weighted by molar-refractivity contribution is 0.556. The zero-order chi connectivity index (χ0) is 11.8. The van der Waals surface area contributed by atoms with Crippen LogP contribution in [0.1, 0.15) is 50.3 Å². The van der Waals surface area contributed by atoms with Gasteiger partial charge in [-0.15, -0.1) is 0 Å². The first-order chi connectivity index (χ1) is 7.64. The summed E-state index contributed by atoms with van der Waals surface area (Å²) in [6, 6.07) is 7.28. The van der Waals surface area contributed by atoms with E-state index in [-0.39, 0.29) is 6.04 Å². The monoisotopic (exact) mass is 217 g/mol. The second kappa shape index (κ2) is 4.21. The highest BCUT2D eigenvalue weighted by Gasteiger charge is 2.47. The maximum Gasteiger partial charge on any atom is 0.0108 e. The minimum absolute atomic E-state index is 0.282. The van der Waals surface area contributed by atoms with Crippen molar-refractivity contribution in [2.45, 2.75) is 57.9 Å². The van der Waals surface area contributed by atoms with Crippen LogP contribution in [0.25, 0.3) is 0 Å². The Kier molecular flexibility index (Phi) is 3.07. The quantitative estimate of drug-likeness (QED) is 0.823. The summed E-state index contributed by atoms with van der Waals surface area (Å²) in [7, 11) is 0. The zero-order valence-electron chi connectivity index (χ0n) is 10.7. The molecule has 1 aliphatic carbocycles. The normalized spacial score (nSPS) is 19.5. The average Bonchev–Trinajstić information content (AvgIpc) is 3.09. The Morgan fingerprint density at radius 1 is 1.19 bits per heavy atom. The number of hydrogen-bond acceptors (Lipinski definition) is 1. The molecule has 0 bridgehead atoms. The Morgan fingerprint density at radius 2 is 1.81 bits per heavy atom. The molecular formula is C15H23N. The minimum Gasteiger partial charge on any atom is -0.327 e. The van der Waals surface area contributed by atoms with Gasteiger partial charge < -0.3 is 5.73 Å². The van der Waals surface area contributed by atoms with Crippen LogP contribution in [0.4, 0.5) is 0 Å². The Morgan fingerprint density at radius 3 is 2.25 bits per heavy atom. The smallest absolute Gasteiger partial charge is 0.0108 e. The van der Waals surface area contributed by atoms with E-state index in [0.29, 0.717) is 5.41 Å². The summed E-state index contributed by atoms with van der Waals surface area (Å²) in [5.41, 5.74) is 10.9. The molecule has 0 heterocycles. The highest BCUT2D eigenvalue weighted by molar-refractivity contribution is 5.40. The minimum atomic E-state index is 0.282. The largest absolute Gasteiger partial charge is 0.327 e. The molecule has 2 N–H and O–H groups in total. The van der Waals surface area contributed by atoms with Crippen molar-refractivity contribution in [3.63, 3.8) is 0 Å². The summed E-state index contributed by atoms with van der Waals surface area (Å²) in [4.78, 5) is 0. The molecular weight excluding hydrogens is 194 g/mol. The number of hydrogen-bond donors (Lipinski definition) is 1. The number of benzene rings is 1. The van der Waals surface area contributed by atoms with E-state index < -0.39 is 0 Å². The Balaban J connectivity index is 2.37. The van der Waals surface area contributed by atoms with Crippen LogP contribution in [0.5, 0.6) is 0 Å². The molecule has 0 amide bonds. The lowest BCUT2D eigenvalue weighted by Gasteiger charge is -2.21. The fourth-order valence-electron chi connectivity index (χ4n) is 2.75. The number of nitrogens with two attached hydrogens (primary N) is 1. The van der Waals surface area contributed by atoms with Gasteiger partial charge in [0.05, 0.1) is 0 Å². The molecule has 0 aliphatic heterocycles. The van der Waals surface area contributed by atoms with E-state index in [2.05, 4.69) is 39.0 Å². The molecule has 1 unspecified atom stereocenters. The molecule has 1 aliphatic rings. The van der Waals surface area contributed by atoms with Crippen molar-refractivity contribution in [1.29, 1.82) is 0 Å². The van der Waals surface area contributed by atoms with Gasteiger partial charge in [0.2, 0.25) is 0 Å². The highest BCUT2D eigenvalue weighted by Crippen LogP contribution is 2.50. The SMILES string of the molecule is CCc1ccc(C2(C(C)N)CC2)cc1CC. The van der Waals surface area contributed by atoms with Crippen LogP contribution in [0.3, 0.4) is 0 Å². The first-order valence-electron chi connectivity index (χ1n) is 6.52. The van der Waals surface area contributed by atoms with Gasteiger partial charge in [-0.25, -0.2) is 0 Å². The standard InChI is InChI=1S/C15H23N/c1-4-12-6-7-14(10-13(12)5-2)15(8-9-15)11(3)16/h6-7,10-11H,4-5,8-9,16H2,1-3H3. The fraction of sp³-hybridized carbons (Fsp3) is 0.600. The van der Waals surface area contributed by atoms with E-state index >= 15 is 0 Å². The lowest BCUT2D eigenvalue weighted by Crippen LogP contribution is -2.31. The van der Waals surface area contributed by atoms with Crippen molar-refractivity contribution in [2.75, 3.05) is 0 Å². The van der Waals surface area contributed by atoms with Crippen LogP contribution in [-0.4, -0.2) is 6.04 Å². The zero-order valence-corrected chi connectivity index (χ0v) is 10.7. The average molecular weight is 217 g/mol. The molecule has 1 heteroatoms. The summed E-state index contributed by atoms with van der Waals surface area (Å²) in [5.74, 6) is 0. The summed E-state index contributed by atoms with van der Waals surface area (Å²) in [6.45, 7) is 6.61. The van der Waals surface area contributed by atoms with E-state index in [4.69, 9.17) is 5.73 Å². The molecule has 16 heavy (non-hydrogen) atoms. The molecule has 1 atom stereocenters. The van der Waals surface area contributed by atoms with Gasteiger partial charge in [0.1, 0.15) is 0 Å². The second-order valence-electron chi connectivity index (χ2n) is 5.14. The van der Waals surface area contributed by atoms with Crippen LogP contribution < -0.4 is 5.73 Å². The molecule has 2 rings (SSSR count). The van der Waals surface area contributed by atoms with Crippen molar-refractivity contribution in [2.24, 2.45) is 5.73 Å². The van der Waals surface area contributed by atoms with Crippen LogP contribution in [0.15, 0.2) is 18.2 Å². The van der Waals surface area contributed by atoms with E-state index in [9.17, 15) is 0 Å². The summed E-state index contributed by atoms with van der Waals surface area (Å²) < 4.78 is 0. The van der Waals surface area contributed by atoms with Crippen molar-refractivity contribution in [3.05, 3.63) is 34.9 Å². The Hall–Kier alpha value is -0.820. The van der Waals surface area contributed by atoms with Crippen molar-refractivity contribution < 1.29 is 0 Å². The van der Waals surface area contributed by atoms with Crippen LogP contribution >= 0.6 is 0 Å². The summed E-state index contributed by atoms with van der Waals surface area (Å²) in [5, 5.41) is 0. The first kappa shape index (κ1) is 11.7. The van der Waals surface area contributed by atoms with Crippen LogP contribution in [-0.2, 0) is 18.3 Å². The van der Waals surface area contributed by atoms with Crippen LogP contribution in [0.2, 0.25) is 0 Å². The molecule has 1 aromatic rings. The molecule has 1 fully saturated rings. The summed E-state index contributed by atoms with van der Waals surface area (Å²) >= 11 is 0. The molecule has 1 aromatic carbocycles. The molecule has 0 saturated heterocycles. The van der Waals surface area contributed by atoms with Crippen molar-refractivity contribution in [1.82, 2.24) is 0 Å². The predicted molar refractivity (Wildman–Crippen MR) is 69.8 cm³/mol. The van der Waals surface area contributed by atoms with Gasteiger partial charge in [0, 0.05) is 11.5 Å². The fourth-order valence-corrected chi connectivity index (χ4v) is 2.75. The van der Waals surface area contributed by atoms with E-state index in [1.54, 1.807) is 0 Å². The lowest BCUT2D eigenvalue weighted by atomic mass is 9.86.